The van der Waals surface area contributed by atoms with E-state index in [-0.39, 0.29) is 29.5 Å². The molecule has 0 spiro atoms. The molecule has 1 aliphatic heterocycles. The van der Waals surface area contributed by atoms with Gasteiger partial charge in [0.05, 0.1) is 22.0 Å². The second kappa shape index (κ2) is 8.21. The lowest BCUT2D eigenvalue weighted by molar-refractivity contribution is -0.385. The third-order valence-electron chi connectivity index (χ3n) is 4.01. The molecule has 1 aromatic rings. The highest BCUT2D eigenvalue weighted by molar-refractivity contribution is 7.89. The summed E-state index contributed by atoms with van der Waals surface area (Å²) < 4.78 is 32.8. The fraction of sp³-hybridized carbons (Fsp3) is 0.571. The van der Waals surface area contributed by atoms with Crippen molar-refractivity contribution in [2.45, 2.75) is 30.2 Å². The van der Waals surface area contributed by atoms with Crippen molar-refractivity contribution in [3.63, 3.8) is 0 Å². The van der Waals surface area contributed by atoms with Crippen LogP contribution < -0.4 is 10.0 Å². The summed E-state index contributed by atoms with van der Waals surface area (Å²) in [6, 6.07) is 3.72. The van der Waals surface area contributed by atoms with E-state index >= 15 is 0 Å². The minimum absolute atomic E-state index is 0. The molecule has 0 bridgehead atoms. The second-order valence-electron chi connectivity index (χ2n) is 5.78. The number of nitro benzene ring substituents is 1. The van der Waals surface area contributed by atoms with Gasteiger partial charge in [0.15, 0.2) is 0 Å². The number of aryl methyl sites for hydroxylation is 1. The number of nitrogens with one attached hydrogen (secondary N) is 2. The molecule has 0 radical (unpaired) electrons. The summed E-state index contributed by atoms with van der Waals surface area (Å²) in [5.41, 5.74) is -0.196. The molecule has 1 saturated heterocycles. The van der Waals surface area contributed by atoms with Gasteiger partial charge < -0.3 is 10.1 Å². The van der Waals surface area contributed by atoms with E-state index in [1.165, 1.54) is 18.2 Å². The zero-order valence-corrected chi connectivity index (χ0v) is 15.2. The van der Waals surface area contributed by atoms with E-state index in [2.05, 4.69) is 10.0 Å². The highest BCUT2D eigenvalue weighted by Gasteiger charge is 2.35. The number of hydrogen-bond acceptors (Lipinski definition) is 6. The normalized spacial score (nSPS) is 20.6. The topological polar surface area (TPSA) is 111 Å². The highest BCUT2D eigenvalue weighted by atomic mass is 35.5. The van der Waals surface area contributed by atoms with Crippen LogP contribution in [0, 0.1) is 17.0 Å². The molecule has 0 aliphatic carbocycles. The first-order valence-corrected chi connectivity index (χ1v) is 8.77. The number of nitrogens with zero attached hydrogens (tertiary/aromatic N) is 1. The molecular weight excluding hydrogens is 358 g/mol. The van der Waals surface area contributed by atoms with Gasteiger partial charge >= 0.3 is 0 Å². The van der Waals surface area contributed by atoms with E-state index in [1.54, 1.807) is 14.0 Å². The van der Waals surface area contributed by atoms with Crippen LogP contribution in [0.15, 0.2) is 23.1 Å². The lowest BCUT2D eigenvalue weighted by Gasteiger charge is -2.29. The average Bonchev–Trinajstić information content (AvgIpc) is 2.94. The lowest BCUT2D eigenvalue weighted by Crippen LogP contribution is -2.52. The molecule has 1 heterocycles. The van der Waals surface area contributed by atoms with Crippen molar-refractivity contribution in [2.75, 3.05) is 26.8 Å². The third-order valence-corrected chi connectivity index (χ3v) is 5.57. The summed E-state index contributed by atoms with van der Waals surface area (Å²) in [5.74, 6) is 0. The maximum atomic E-state index is 12.5. The fourth-order valence-corrected chi connectivity index (χ4v) is 4.18. The standard InChI is InChI=1S/C14H21N3O5S.ClH/c1-11-8-12(17(18)19)4-5-13(11)23(20,21)16-9-14(10-22-2)6-3-7-15-14;/h4-5,8,15-16H,3,6-7,9-10H2,1-2H3;1H. The number of hydrogen-bond donors (Lipinski definition) is 2. The van der Waals surface area contributed by atoms with Crippen LogP contribution in [0.3, 0.4) is 0 Å². The molecule has 8 nitrogen and oxygen atoms in total. The average molecular weight is 380 g/mol. The van der Waals surface area contributed by atoms with Crippen molar-refractivity contribution < 1.29 is 18.1 Å². The lowest BCUT2D eigenvalue weighted by atomic mass is 9.99. The van der Waals surface area contributed by atoms with Gasteiger partial charge in [0.25, 0.3) is 5.69 Å². The van der Waals surface area contributed by atoms with E-state index in [1.807, 2.05) is 0 Å². The van der Waals surface area contributed by atoms with Crippen molar-refractivity contribution >= 4 is 28.1 Å². The smallest absolute Gasteiger partial charge is 0.269 e. The van der Waals surface area contributed by atoms with Crippen molar-refractivity contribution in [3.05, 3.63) is 33.9 Å². The van der Waals surface area contributed by atoms with Gasteiger partial charge in [0.2, 0.25) is 10.0 Å². The van der Waals surface area contributed by atoms with E-state index < -0.39 is 20.5 Å². The van der Waals surface area contributed by atoms with Gasteiger partial charge in [0.1, 0.15) is 0 Å². The molecule has 0 aromatic heterocycles. The molecule has 10 heteroatoms. The molecule has 0 saturated carbocycles. The fourth-order valence-electron chi connectivity index (χ4n) is 2.83. The number of methoxy groups -OCH3 is 1. The Hall–Kier alpha value is -1.26. The van der Waals surface area contributed by atoms with Crippen LogP contribution in [0.2, 0.25) is 0 Å². The molecule has 1 aliphatic rings. The number of rotatable bonds is 7. The molecule has 2 rings (SSSR count). The molecule has 1 fully saturated rings. The van der Waals surface area contributed by atoms with Crippen molar-refractivity contribution in [2.24, 2.45) is 0 Å². The quantitative estimate of drug-likeness (QED) is 0.546. The van der Waals surface area contributed by atoms with Crippen molar-refractivity contribution in [3.8, 4) is 0 Å². The van der Waals surface area contributed by atoms with E-state index in [0.29, 0.717) is 12.2 Å². The SMILES string of the molecule is COCC1(CNS(=O)(=O)c2ccc([N+](=O)[O-])cc2C)CCCN1.Cl. The van der Waals surface area contributed by atoms with Crippen LogP contribution in [0.1, 0.15) is 18.4 Å². The first-order chi connectivity index (χ1) is 10.8. The van der Waals surface area contributed by atoms with Gasteiger partial charge in [-0.15, -0.1) is 12.4 Å². The predicted octanol–water partition coefficient (Wildman–Crippen LogP) is 1.37. The van der Waals surface area contributed by atoms with Crippen LogP contribution >= 0.6 is 12.4 Å². The number of non-ortho nitro benzene ring substituents is 1. The first-order valence-electron chi connectivity index (χ1n) is 7.28. The largest absolute Gasteiger partial charge is 0.383 e. The van der Waals surface area contributed by atoms with Gasteiger partial charge in [-0.1, -0.05) is 0 Å². The Kier molecular flexibility index (Phi) is 7.11. The van der Waals surface area contributed by atoms with E-state index in [4.69, 9.17) is 4.74 Å². The van der Waals surface area contributed by atoms with Gasteiger partial charge in [-0.3, -0.25) is 10.1 Å². The summed E-state index contributed by atoms with van der Waals surface area (Å²) in [6.45, 7) is 2.98. The number of nitro groups is 1. The Labute approximate surface area is 147 Å². The molecular formula is C14H22ClN3O5S. The highest BCUT2D eigenvalue weighted by Crippen LogP contribution is 2.23. The van der Waals surface area contributed by atoms with Crippen LogP contribution in [-0.4, -0.2) is 45.7 Å². The van der Waals surface area contributed by atoms with Crippen LogP contribution in [-0.2, 0) is 14.8 Å². The summed E-state index contributed by atoms with van der Waals surface area (Å²) >= 11 is 0. The molecule has 24 heavy (non-hydrogen) atoms. The summed E-state index contributed by atoms with van der Waals surface area (Å²) in [5, 5.41) is 14.0. The van der Waals surface area contributed by atoms with Crippen LogP contribution in [0.25, 0.3) is 0 Å². The Bertz CT molecular complexity index is 690. The maximum Gasteiger partial charge on any atom is 0.269 e. The van der Waals surface area contributed by atoms with Crippen LogP contribution in [0.5, 0.6) is 0 Å². The van der Waals surface area contributed by atoms with E-state index in [0.717, 1.165) is 19.4 Å². The Morgan fingerprint density at radius 3 is 2.67 bits per heavy atom. The maximum absolute atomic E-state index is 12.5. The minimum Gasteiger partial charge on any atom is -0.383 e. The molecule has 1 aromatic carbocycles. The zero-order valence-electron chi connectivity index (χ0n) is 13.6. The Morgan fingerprint density at radius 2 is 2.17 bits per heavy atom. The Morgan fingerprint density at radius 1 is 1.46 bits per heavy atom. The number of ether oxygens (including phenoxy) is 1. The number of benzene rings is 1. The summed E-state index contributed by atoms with van der Waals surface area (Å²) in [7, 11) is -2.17. The zero-order chi connectivity index (χ0) is 17.1. The molecule has 2 N–H and O–H groups in total. The summed E-state index contributed by atoms with van der Waals surface area (Å²) in [4.78, 5) is 10.2. The number of halogens is 1. The molecule has 0 amide bonds. The third kappa shape index (κ3) is 4.64. The number of sulfonamides is 1. The van der Waals surface area contributed by atoms with E-state index in [9.17, 15) is 18.5 Å². The first kappa shape index (κ1) is 20.8. The van der Waals surface area contributed by atoms with Gasteiger partial charge in [-0.25, -0.2) is 13.1 Å². The second-order valence-corrected chi connectivity index (χ2v) is 7.51. The molecule has 136 valence electrons. The van der Waals surface area contributed by atoms with Gasteiger partial charge in [0, 0.05) is 25.8 Å². The van der Waals surface area contributed by atoms with Crippen molar-refractivity contribution in [1.82, 2.24) is 10.0 Å². The monoisotopic (exact) mass is 379 g/mol. The van der Waals surface area contributed by atoms with Gasteiger partial charge in [-0.05, 0) is 37.9 Å². The van der Waals surface area contributed by atoms with Crippen molar-refractivity contribution in [1.29, 1.82) is 0 Å². The summed E-state index contributed by atoms with van der Waals surface area (Å²) in [6.07, 6.45) is 1.78. The van der Waals surface area contributed by atoms with Crippen LogP contribution in [0.4, 0.5) is 5.69 Å². The predicted molar refractivity (Wildman–Crippen MR) is 92.1 cm³/mol. The minimum atomic E-state index is -3.75. The van der Waals surface area contributed by atoms with Gasteiger partial charge in [-0.2, -0.15) is 0 Å². The molecule has 1 unspecified atom stereocenters. The Balaban J connectivity index is 0.00000288. The molecule has 1 atom stereocenters.